The Hall–Kier alpha value is -3.25. The van der Waals surface area contributed by atoms with Gasteiger partial charge in [-0.1, -0.05) is 84.4 Å². The van der Waals surface area contributed by atoms with Gasteiger partial charge in [0.25, 0.3) is 0 Å². The van der Waals surface area contributed by atoms with Crippen molar-refractivity contribution in [1.82, 2.24) is 14.9 Å². The van der Waals surface area contributed by atoms with Gasteiger partial charge in [0, 0.05) is 42.5 Å². The first-order valence-electron chi connectivity index (χ1n) is 14.4. The summed E-state index contributed by atoms with van der Waals surface area (Å²) in [6, 6.07) is 30.0. The van der Waals surface area contributed by atoms with Gasteiger partial charge in [0.05, 0.1) is 11.4 Å². The lowest BCUT2D eigenvalue weighted by Gasteiger charge is -2.40. The normalized spacial score (nSPS) is 16.7. The standard InChI is InChI=1S/C34H33ClN4S/c35-27-17-15-26(16-18-27)32(25-11-5-2-6-12-25)38-19-21-39(22-20-38)33-31-28-13-7-8-14-29(28)40-34(31)37-30(36-33)23-24-9-3-1-4-10-24/h1-6,9-12,15-18,32H,7-8,13-14,19-23H2. The first kappa shape index (κ1) is 25.7. The van der Waals surface area contributed by atoms with Crippen LogP contribution in [0, 0.1) is 0 Å². The number of benzene rings is 3. The maximum atomic E-state index is 6.26. The number of aryl methyl sites for hydroxylation is 2. The molecule has 202 valence electrons. The molecule has 0 saturated carbocycles. The lowest BCUT2D eigenvalue weighted by atomic mass is 9.96. The van der Waals surface area contributed by atoms with E-state index in [9.17, 15) is 0 Å². The predicted molar refractivity (Wildman–Crippen MR) is 167 cm³/mol. The largest absolute Gasteiger partial charge is 0.353 e. The molecular weight excluding hydrogens is 532 g/mol. The van der Waals surface area contributed by atoms with Gasteiger partial charge < -0.3 is 4.90 Å². The summed E-state index contributed by atoms with van der Waals surface area (Å²) in [5, 5.41) is 2.10. The van der Waals surface area contributed by atoms with Crippen LogP contribution in [-0.4, -0.2) is 41.0 Å². The van der Waals surface area contributed by atoms with E-state index < -0.39 is 0 Å². The molecule has 4 nitrogen and oxygen atoms in total. The third-order valence-corrected chi connectivity index (χ3v) is 9.76. The fourth-order valence-electron chi connectivity index (χ4n) is 6.35. The average Bonchev–Trinajstić information content (AvgIpc) is 3.38. The van der Waals surface area contributed by atoms with Crippen LogP contribution in [0.3, 0.4) is 0 Å². The number of thiophene rings is 1. The van der Waals surface area contributed by atoms with Crippen molar-refractivity contribution in [2.75, 3.05) is 31.1 Å². The van der Waals surface area contributed by atoms with E-state index in [4.69, 9.17) is 21.6 Å². The van der Waals surface area contributed by atoms with Crippen LogP contribution in [-0.2, 0) is 19.3 Å². The van der Waals surface area contributed by atoms with E-state index in [0.29, 0.717) is 0 Å². The molecule has 0 amide bonds. The summed E-state index contributed by atoms with van der Waals surface area (Å²) in [6.07, 6.45) is 5.63. The SMILES string of the molecule is Clc1ccc(C(c2ccccc2)N2CCN(c3nc(Cc4ccccc4)nc4sc5c(c34)CCCC5)CC2)cc1. The third kappa shape index (κ3) is 5.14. The zero-order valence-electron chi connectivity index (χ0n) is 22.6. The molecule has 1 saturated heterocycles. The van der Waals surface area contributed by atoms with Crippen LogP contribution >= 0.6 is 22.9 Å². The molecule has 1 atom stereocenters. The molecule has 7 rings (SSSR count). The van der Waals surface area contributed by atoms with E-state index in [2.05, 4.69) is 82.6 Å². The number of hydrogen-bond donors (Lipinski definition) is 0. The van der Waals surface area contributed by atoms with Crippen molar-refractivity contribution in [2.45, 2.75) is 38.1 Å². The van der Waals surface area contributed by atoms with Crippen LogP contribution in [0.2, 0.25) is 5.02 Å². The topological polar surface area (TPSA) is 32.3 Å². The molecule has 3 aromatic carbocycles. The smallest absolute Gasteiger partial charge is 0.141 e. The number of piperazine rings is 1. The van der Waals surface area contributed by atoms with Gasteiger partial charge in [-0.15, -0.1) is 11.3 Å². The van der Waals surface area contributed by atoms with Gasteiger partial charge in [0.1, 0.15) is 16.5 Å². The van der Waals surface area contributed by atoms with Gasteiger partial charge >= 0.3 is 0 Å². The summed E-state index contributed by atoms with van der Waals surface area (Å²) in [7, 11) is 0. The van der Waals surface area contributed by atoms with Crippen molar-refractivity contribution in [3.8, 4) is 0 Å². The minimum atomic E-state index is 0.202. The fourth-order valence-corrected chi connectivity index (χ4v) is 7.75. The highest BCUT2D eigenvalue weighted by Crippen LogP contribution is 2.40. The molecule has 2 aliphatic rings. The molecule has 1 aliphatic heterocycles. The molecule has 6 heteroatoms. The van der Waals surface area contributed by atoms with Crippen LogP contribution in [0.1, 0.15) is 51.8 Å². The zero-order chi connectivity index (χ0) is 26.9. The van der Waals surface area contributed by atoms with Crippen molar-refractivity contribution < 1.29 is 0 Å². The van der Waals surface area contributed by atoms with Crippen LogP contribution in [0.5, 0.6) is 0 Å². The molecule has 0 radical (unpaired) electrons. The molecule has 1 aliphatic carbocycles. The predicted octanol–water partition coefficient (Wildman–Crippen LogP) is 7.73. The average molecular weight is 565 g/mol. The summed E-state index contributed by atoms with van der Waals surface area (Å²) in [4.78, 5) is 18.2. The van der Waals surface area contributed by atoms with Crippen LogP contribution in [0.4, 0.5) is 5.82 Å². The maximum absolute atomic E-state index is 6.26. The number of fused-ring (bicyclic) bond motifs is 3. The second-order valence-electron chi connectivity index (χ2n) is 10.9. The Morgan fingerprint density at radius 2 is 1.43 bits per heavy atom. The fraction of sp³-hybridized carbons (Fsp3) is 0.294. The van der Waals surface area contributed by atoms with Crippen molar-refractivity contribution in [2.24, 2.45) is 0 Å². The Kier molecular flexibility index (Phi) is 7.27. The molecule has 5 aromatic rings. The van der Waals surface area contributed by atoms with E-state index in [1.165, 1.54) is 56.6 Å². The molecule has 1 fully saturated rings. The van der Waals surface area contributed by atoms with E-state index in [1.54, 1.807) is 0 Å². The maximum Gasteiger partial charge on any atom is 0.141 e. The number of nitrogens with zero attached hydrogens (tertiary/aromatic N) is 4. The van der Waals surface area contributed by atoms with Crippen LogP contribution in [0.25, 0.3) is 10.2 Å². The Balaban J connectivity index is 1.21. The Morgan fingerprint density at radius 3 is 2.17 bits per heavy atom. The summed E-state index contributed by atoms with van der Waals surface area (Å²) in [5.41, 5.74) is 5.37. The van der Waals surface area contributed by atoms with Crippen LogP contribution in [0.15, 0.2) is 84.9 Å². The molecule has 0 N–H and O–H groups in total. The monoisotopic (exact) mass is 564 g/mol. The Bertz CT molecular complexity index is 1590. The van der Waals surface area contributed by atoms with Gasteiger partial charge in [-0.3, -0.25) is 4.90 Å². The number of halogens is 1. The highest BCUT2D eigenvalue weighted by Gasteiger charge is 2.30. The molecule has 0 spiro atoms. The van der Waals surface area contributed by atoms with Gasteiger partial charge in [-0.25, -0.2) is 9.97 Å². The lowest BCUT2D eigenvalue weighted by Crippen LogP contribution is -2.48. The highest BCUT2D eigenvalue weighted by atomic mass is 35.5. The van der Waals surface area contributed by atoms with E-state index >= 15 is 0 Å². The summed E-state index contributed by atoms with van der Waals surface area (Å²) in [5.74, 6) is 2.08. The van der Waals surface area contributed by atoms with Crippen LogP contribution < -0.4 is 4.90 Å². The van der Waals surface area contributed by atoms with Gasteiger partial charge in [-0.05, 0) is 60.1 Å². The second-order valence-corrected chi connectivity index (χ2v) is 12.4. The number of rotatable bonds is 6. The first-order chi connectivity index (χ1) is 19.7. The number of anilines is 1. The number of aromatic nitrogens is 2. The lowest BCUT2D eigenvalue weighted by molar-refractivity contribution is 0.212. The molecule has 0 bridgehead atoms. The second kappa shape index (κ2) is 11.3. The van der Waals surface area contributed by atoms with E-state index in [0.717, 1.165) is 55.7 Å². The van der Waals surface area contributed by atoms with Gasteiger partial charge in [-0.2, -0.15) is 0 Å². The van der Waals surface area contributed by atoms with E-state index in [-0.39, 0.29) is 6.04 Å². The van der Waals surface area contributed by atoms with Crippen molar-refractivity contribution >= 4 is 39.0 Å². The summed E-state index contributed by atoms with van der Waals surface area (Å²) >= 11 is 8.16. The zero-order valence-corrected chi connectivity index (χ0v) is 24.2. The molecule has 40 heavy (non-hydrogen) atoms. The van der Waals surface area contributed by atoms with Crippen molar-refractivity contribution in [3.05, 3.63) is 123 Å². The molecule has 1 unspecified atom stereocenters. The Morgan fingerprint density at radius 1 is 0.750 bits per heavy atom. The van der Waals surface area contributed by atoms with Crippen molar-refractivity contribution in [1.29, 1.82) is 0 Å². The third-order valence-electron chi connectivity index (χ3n) is 8.33. The minimum Gasteiger partial charge on any atom is -0.353 e. The Labute approximate surface area is 245 Å². The molecular formula is C34H33ClN4S. The molecule has 3 heterocycles. The van der Waals surface area contributed by atoms with Crippen molar-refractivity contribution in [3.63, 3.8) is 0 Å². The summed E-state index contributed by atoms with van der Waals surface area (Å²) < 4.78 is 0. The van der Waals surface area contributed by atoms with Gasteiger partial charge in [0.2, 0.25) is 0 Å². The number of hydrogen-bond acceptors (Lipinski definition) is 5. The first-order valence-corrected chi connectivity index (χ1v) is 15.6. The van der Waals surface area contributed by atoms with E-state index in [1.807, 2.05) is 23.5 Å². The summed E-state index contributed by atoms with van der Waals surface area (Å²) in [6.45, 7) is 3.82. The quantitative estimate of drug-likeness (QED) is 0.211. The van der Waals surface area contributed by atoms with Gasteiger partial charge in [0.15, 0.2) is 0 Å². The molecule has 2 aromatic heterocycles. The minimum absolute atomic E-state index is 0.202. The highest BCUT2D eigenvalue weighted by molar-refractivity contribution is 7.19.